The van der Waals surface area contributed by atoms with Crippen LogP contribution in [0, 0.1) is 11.3 Å². The standard InChI is InChI=1S/C23H19N3O2/c24-16-18-8-4-11-21(14-18)26-23(28)20-10-5-9-19(15-20)22(27)25-13-12-17-6-2-1-3-7-17/h1-11,14-15H,12-13H2,(H,25,27)(H,26,28). The Morgan fingerprint density at radius 2 is 1.54 bits per heavy atom. The molecule has 0 spiro atoms. The number of amides is 2. The molecule has 0 aliphatic rings. The van der Waals surface area contributed by atoms with E-state index in [2.05, 4.69) is 10.6 Å². The van der Waals surface area contributed by atoms with Crippen LogP contribution < -0.4 is 10.6 Å². The molecule has 0 aliphatic carbocycles. The van der Waals surface area contributed by atoms with Crippen LogP contribution in [-0.4, -0.2) is 18.4 Å². The molecule has 0 saturated carbocycles. The molecule has 2 N–H and O–H groups in total. The van der Waals surface area contributed by atoms with Gasteiger partial charge < -0.3 is 10.6 Å². The van der Waals surface area contributed by atoms with Crippen molar-refractivity contribution in [1.82, 2.24) is 5.32 Å². The zero-order chi connectivity index (χ0) is 19.8. The first-order chi connectivity index (χ1) is 13.7. The first-order valence-electron chi connectivity index (χ1n) is 8.89. The van der Waals surface area contributed by atoms with Gasteiger partial charge in [-0.05, 0) is 48.4 Å². The van der Waals surface area contributed by atoms with Gasteiger partial charge in [0.2, 0.25) is 0 Å². The second-order valence-electron chi connectivity index (χ2n) is 6.22. The van der Waals surface area contributed by atoms with Crippen LogP contribution in [0.2, 0.25) is 0 Å². The number of hydrogen-bond donors (Lipinski definition) is 2. The lowest BCUT2D eigenvalue weighted by molar-refractivity contribution is 0.0954. The summed E-state index contributed by atoms with van der Waals surface area (Å²) in [7, 11) is 0. The molecule has 0 fully saturated rings. The first kappa shape index (κ1) is 18.9. The fourth-order valence-electron chi connectivity index (χ4n) is 2.74. The zero-order valence-corrected chi connectivity index (χ0v) is 15.2. The van der Waals surface area contributed by atoms with E-state index >= 15 is 0 Å². The molecule has 0 heterocycles. The van der Waals surface area contributed by atoms with E-state index in [1.807, 2.05) is 36.4 Å². The van der Waals surface area contributed by atoms with Crippen molar-refractivity contribution < 1.29 is 9.59 Å². The molecule has 5 nitrogen and oxygen atoms in total. The van der Waals surface area contributed by atoms with Gasteiger partial charge in [-0.25, -0.2) is 0 Å². The topological polar surface area (TPSA) is 82.0 Å². The van der Waals surface area contributed by atoms with Gasteiger partial charge in [-0.1, -0.05) is 42.5 Å². The molecule has 2 amide bonds. The summed E-state index contributed by atoms with van der Waals surface area (Å²) >= 11 is 0. The molecule has 0 atom stereocenters. The predicted octanol–water partition coefficient (Wildman–Crippen LogP) is 3.78. The number of rotatable bonds is 6. The van der Waals surface area contributed by atoms with Crippen LogP contribution in [0.25, 0.3) is 0 Å². The number of anilines is 1. The van der Waals surface area contributed by atoms with Gasteiger partial charge in [0.15, 0.2) is 0 Å². The third kappa shape index (κ3) is 5.05. The SMILES string of the molecule is N#Cc1cccc(NC(=O)c2cccc(C(=O)NCCc3ccccc3)c2)c1. The molecule has 3 rings (SSSR count). The minimum Gasteiger partial charge on any atom is -0.352 e. The lowest BCUT2D eigenvalue weighted by atomic mass is 10.1. The largest absolute Gasteiger partial charge is 0.352 e. The highest BCUT2D eigenvalue weighted by Gasteiger charge is 2.11. The summed E-state index contributed by atoms with van der Waals surface area (Å²) in [4.78, 5) is 24.8. The summed E-state index contributed by atoms with van der Waals surface area (Å²) in [5.74, 6) is -0.564. The van der Waals surface area contributed by atoms with E-state index in [0.717, 1.165) is 12.0 Å². The Labute approximate surface area is 163 Å². The Morgan fingerprint density at radius 1 is 0.821 bits per heavy atom. The van der Waals surface area contributed by atoms with Crippen LogP contribution in [0.4, 0.5) is 5.69 Å². The van der Waals surface area contributed by atoms with E-state index in [0.29, 0.717) is 28.9 Å². The van der Waals surface area contributed by atoms with Crippen LogP contribution in [0.15, 0.2) is 78.9 Å². The van der Waals surface area contributed by atoms with Crippen LogP contribution in [0.3, 0.4) is 0 Å². The summed E-state index contributed by atoms with van der Waals surface area (Å²) in [5.41, 5.74) is 2.94. The Kier molecular flexibility index (Phi) is 6.17. The molecule has 5 heteroatoms. The average molecular weight is 369 g/mol. The molecule has 0 aromatic heterocycles. The van der Waals surface area contributed by atoms with E-state index < -0.39 is 0 Å². The van der Waals surface area contributed by atoms with Gasteiger partial charge in [-0.3, -0.25) is 9.59 Å². The van der Waals surface area contributed by atoms with E-state index in [9.17, 15) is 9.59 Å². The van der Waals surface area contributed by atoms with Crippen LogP contribution in [0.5, 0.6) is 0 Å². The normalized spacial score (nSPS) is 9.96. The molecule has 0 aliphatic heterocycles. The third-order valence-electron chi connectivity index (χ3n) is 4.18. The third-order valence-corrected chi connectivity index (χ3v) is 4.18. The van der Waals surface area contributed by atoms with E-state index in [1.165, 1.54) is 0 Å². The summed E-state index contributed by atoms with van der Waals surface area (Å²) in [6.07, 6.45) is 0.738. The summed E-state index contributed by atoms with van der Waals surface area (Å²) in [6.45, 7) is 0.514. The van der Waals surface area contributed by atoms with Crippen molar-refractivity contribution in [1.29, 1.82) is 5.26 Å². The average Bonchev–Trinajstić information content (AvgIpc) is 2.74. The Balaban J connectivity index is 1.61. The van der Waals surface area contributed by atoms with Crippen molar-refractivity contribution in [2.24, 2.45) is 0 Å². The van der Waals surface area contributed by atoms with E-state index in [4.69, 9.17) is 5.26 Å². The monoisotopic (exact) mass is 369 g/mol. The van der Waals surface area contributed by atoms with Crippen molar-refractivity contribution in [3.05, 3.63) is 101 Å². The number of benzene rings is 3. The molecule has 0 unspecified atom stereocenters. The number of hydrogen-bond acceptors (Lipinski definition) is 3. The van der Waals surface area contributed by atoms with Gasteiger partial charge in [-0.2, -0.15) is 5.26 Å². The lowest BCUT2D eigenvalue weighted by Gasteiger charge is -2.08. The number of carbonyl (C=O) groups is 2. The van der Waals surface area contributed by atoms with Crippen LogP contribution in [-0.2, 0) is 6.42 Å². The molecule has 0 saturated heterocycles. The van der Waals surface area contributed by atoms with Gasteiger partial charge >= 0.3 is 0 Å². The Hall–Kier alpha value is -3.91. The number of nitriles is 1. The molecule has 28 heavy (non-hydrogen) atoms. The van der Waals surface area contributed by atoms with E-state index in [1.54, 1.807) is 48.5 Å². The second-order valence-corrected chi connectivity index (χ2v) is 6.22. The highest BCUT2D eigenvalue weighted by atomic mass is 16.2. The Bertz CT molecular complexity index is 1020. The van der Waals surface area contributed by atoms with Crippen LogP contribution >= 0.6 is 0 Å². The summed E-state index contributed by atoms with van der Waals surface area (Å²) < 4.78 is 0. The van der Waals surface area contributed by atoms with Crippen molar-refractivity contribution in [3.63, 3.8) is 0 Å². The summed E-state index contributed by atoms with van der Waals surface area (Å²) in [6, 6.07) is 25.1. The van der Waals surface area contributed by atoms with Crippen molar-refractivity contribution >= 4 is 17.5 Å². The van der Waals surface area contributed by atoms with Crippen molar-refractivity contribution in [2.45, 2.75) is 6.42 Å². The number of carbonyl (C=O) groups excluding carboxylic acids is 2. The zero-order valence-electron chi connectivity index (χ0n) is 15.2. The van der Waals surface area contributed by atoms with Crippen molar-refractivity contribution in [2.75, 3.05) is 11.9 Å². The summed E-state index contributed by atoms with van der Waals surface area (Å²) in [5, 5.41) is 14.6. The lowest BCUT2D eigenvalue weighted by Crippen LogP contribution is -2.26. The number of nitrogens with zero attached hydrogens (tertiary/aromatic N) is 1. The molecule has 0 bridgehead atoms. The second kappa shape index (κ2) is 9.15. The Morgan fingerprint density at radius 3 is 2.29 bits per heavy atom. The van der Waals surface area contributed by atoms with E-state index in [-0.39, 0.29) is 11.8 Å². The maximum absolute atomic E-state index is 12.5. The first-order valence-corrected chi connectivity index (χ1v) is 8.89. The highest BCUT2D eigenvalue weighted by Crippen LogP contribution is 2.13. The molecular formula is C23H19N3O2. The molecular weight excluding hydrogens is 350 g/mol. The molecule has 3 aromatic rings. The molecule has 3 aromatic carbocycles. The minimum atomic E-state index is -0.339. The van der Waals surface area contributed by atoms with Gasteiger partial charge in [0.05, 0.1) is 11.6 Å². The van der Waals surface area contributed by atoms with Gasteiger partial charge in [-0.15, -0.1) is 0 Å². The maximum Gasteiger partial charge on any atom is 0.255 e. The van der Waals surface area contributed by atoms with Gasteiger partial charge in [0.1, 0.15) is 0 Å². The fraction of sp³-hybridized carbons (Fsp3) is 0.0870. The molecule has 0 radical (unpaired) electrons. The van der Waals surface area contributed by atoms with Crippen molar-refractivity contribution in [3.8, 4) is 6.07 Å². The van der Waals surface area contributed by atoms with Crippen LogP contribution in [0.1, 0.15) is 31.8 Å². The smallest absolute Gasteiger partial charge is 0.255 e. The highest BCUT2D eigenvalue weighted by molar-refractivity contribution is 6.06. The molecule has 138 valence electrons. The van der Waals surface area contributed by atoms with Gasteiger partial charge in [0.25, 0.3) is 11.8 Å². The minimum absolute atomic E-state index is 0.225. The van der Waals surface area contributed by atoms with Gasteiger partial charge in [0, 0.05) is 23.4 Å². The maximum atomic E-state index is 12.5. The predicted molar refractivity (Wildman–Crippen MR) is 108 cm³/mol. The quantitative estimate of drug-likeness (QED) is 0.694. The fourth-order valence-corrected chi connectivity index (χ4v) is 2.74. The number of nitrogens with one attached hydrogen (secondary N) is 2.